The molecule has 0 bridgehead atoms. The number of carbonyl (C=O) groups is 1. The third-order valence-electron chi connectivity index (χ3n) is 6.11. The van der Waals surface area contributed by atoms with E-state index in [1.165, 1.54) is 26.5 Å². The van der Waals surface area contributed by atoms with E-state index in [4.69, 9.17) is 15.2 Å². The number of anilines is 1. The number of pyridine rings is 1. The predicted octanol–water partition coefficient (Wildman–Crippen LogP) is 2.72. The minimum atomic E-state index is -0.989. The van der Waals surface area contributed by atoms with Crippen molar-refractivity contribution in [3.63, 3.8) is 0 Å². The second-order valence-corrected chi connectivity index (χ2v) is 8.26. The highest BCUT2D eigenvalue weighted by molar-refractivity contribution is 5.95. The van der Waals surface area contributed by atoms with E-state index in [-0.39, 0.29) is 35.0 Å². The van der Waals surface area contributed by atoms with Gasteiger partial charge in [-0.25, -0.2) is 13.8 Å². The number of hydrogen-bond donors (Lipinski definition) is 2. The molecule has 36 heavy (non-hydrogen) atoms. The van der Waals surface area contributed by atoms with Gasteiger partial charge in [0.05, 0.1) is 37.3 Å². The van der Waals surface area contributed by atoms with E-state index in [0.29, 0.717) is 36.0 Å². The Hall–Kier alpha value is -4.17. The lowest BCUT2D eigenvalue weighted by Gasteiger charge is -2.17. The Morgan fingerprint density at radius 2 is 1.97 bits per heavy atom. The molecule has 3 heterocycles. The number of rotatable bonds is 5. The number of nitrogens with two attached hydrogens (primary N) is 1. The monoisotopic (exact) mass is 497 g/mol. The van der Waals surface area contributed by atoms with Gasteiger partial charge in [-0.15, -0.1) is 0 Å². The SMILES string of the molecule is C=CC(=O)N1CC[C@H](n2nc(C#Cc3c(F)c(OC)cc(OC)c3F)c3c(N)ncc([C@@H](C)O)c32)C1. The van der Waals surface area contributed by atoms with Crippen molar-refractivity contribution in [3.8, 4) is 23.3 Å². The van der Waals surface area contributed by atoms with Gasteiger partial charge in [0.2, 0.25) is 5.91 Å². The van der Waals surface area contributed by atoms with Crippen LogP contribution in [0.3, 0.4) is 0 Å². The number of carbonyl (C=O) groups excluding carboxylic acids is 1. The Bertz CT molecular complexity index is 1400. The standard InChI is InChI=1S/C25H25F2N5O4/c1-5-20(34)31-9-8-14(12-31)32-24-16(13(2)33)11-29-25(28)21(24)17(30-32)7-6-15-22(26)18(35-3)10-19(36-4)23(15)27/h5,10-11,13-14,33H,1,8-9,12H2,2-4H3,(H2,28,29)/t13-,14+/m1/s1. The minimum absolute atomic E-state index is 0.0890. The van der Waals surface area contributed by atoms with Crippen molar-refractivity contribution < 1.29 is 28.2 Å². The molecular weight excluding hydrogens is 472 g/mol. The van der Waals surface area contributed by atoms with Crippen molar-refractivity contribution in [2.75, 3.05) is 33.0 Å². The number of aliphatic hydroxyl groups excluding tert-OH is 1. The molecule has 1 aliphatic heterocycles. The molecule has 3 aromatic rings. The second-order valence-electron chi connectivity index (χ2n) is 8.26. The van der Waals surface area contributed by atoms with Crippen molar-refractivity contribution in [1.82, 2.24) is 19.7 Å². The lowest BCUT2D eigenvalue weighted by atomic mass is 10.1. The highest BCUT2D eigenvalue weighted by atomic mass is 19.1. The normalized spacial score (nSPS) is 15.9. The molecule has 2 aromatic heterocycles. The lowest BCUT2D eigenvalue weighted by molar-refractivity contribution is -0.125. The van der Waals surface area contributed by atoms with Gasteiger partial charge in [0.1, 0.15) is 17.1 Å². The first-order valence-corrected chi connectivity index (χ1v) is 11.1. The molecular formula is C25H25F2N5O4. The van der Waals surface area contributed by atoms with Crippen molar-refractivity contribution in [1.29, 1.82) is 0 Å². The number of methoxy groups -OCH3 is 2. The molecule has 1 amide bonds. The Kier molecular flexibility index (Phi) is 6.81. The largest absolute Gasteiger partial charge is 0.493 e. The van der Waals surface area contributed by atoms with Crippen molar-refractivity contribution >= 4 is 22.6 Å². The molecule has 4 rings (SSSR count). The number of halogens is 2. The third-order valence-corrected chi connectivity index (χ3v) is 6.11. The summed E-state index contributed by atoms with van der Waals surface area (Å²) in [6.45, 7) is 5.95. The van der Waals surface area contributed by atoms with Crippen molar-refractivity contribution in [2.45, 2.75) is 25.5 Å². The maximum Gasteiger partial charge on any atom is 0.246 e. The molecule has 1 fully saturated rings. The van der Waals surface area contributed by atoms with Crippen LogP contribution >= 0.6 is 0 Å². The summed E-state index contributed by atoms with van der Waals surface area (Å²) in [4.78, 5) is 17.9. The zero-order valence-electron chi connectivity index (χ0n) is 20.0. The second kappa shape index (κ2) is 9.83. The molecule has 1 aromatic carbocycles. The van der Waals surface area contributed by atoms with E-state index >= 15 is 0 Å². The fraction of sp³-hybridized carbons (Fsp3) is 0.320. The molecule has 0 radical (unpaired) electrons. The van der Waals surface area contributed by atoms with E-state index in [2.05, 4.69) is 28.5 Å². The van der Waals surface area contributed by atoms with E-state index in [1.807, 2.05) is 0 Å². The maximum atomic E-state index is 14.9. The van der Waals surface area contributed by atoms with Crippen LogP contribution in [0.25, 0.3) is 10.9 Å². The molecule has 1 aliphatic rings. The molecule has 188 valence electrons. The summed E-state index contributed by atoms with van der Waals surface area (Å²) in [5.74, 6) is 2.65. The third kappa shape index (κ3) is 4.20. The van der Waals surface area contributed by atoms with E-state index < -0.39 is 23.3 Å². The Morgan fingerprint density at radius 1 is 1.31 bits per heavy atom. The van der Waals surface area contributed by atoms with Crippen molar-refractivity contribution in [3.05, 3.63) is 53.4 Å². The Balaban J connectivity index is 1.91. The molecule has 0 spiro atoms. The first kappa shape index (κ1) is 24.9. The van der Waals surface area contributed by atoms with Gasteiger partial charge in [0.15, 0.2) is 23.1 Å². The molecule has 2 atom stereocenters. The number of nitrogen functional groups attached to an aromatic ring is 1. The zero-order chi connectivity index (χ0) is 26.1. The topological polar surface area (TPSA) is 116 Å². The highest BCUT2D eigenvalue weighted by Crippen LogP contribution is 2.35. The smallest absolute Gasteiger partial charge is 0.246 e. The predicted molar refractivity (Wildman–Crippen MR) is 128 cm³/mol. The van der Waals surface area contributed by atoms with Gasteiger partial charge < -0.3 is 25.2 Å². The molecule has 0 unspecified atom stereocenters. The Labute approximate surface area is 206 Å². The number of nitrogens with zero attached hydrogens (tertiary/aromatic N) is 4. The highest BCUT2D eigenvalue weighted by Gasteiger charge is 2.30. The lowest BCUT2D eigenvalue weighted by Crippen LogP contribution is -2.27. The summed E-state index contributed by atoms with van der Waals surface area (Å²) in [6.07, 6.45) is 2.36. The van der Waals surface area contributed by atoms with Crippen LogP contribution < -0.4 is 15.2 Å². The summed E-state index contributed by atoms with van der Waals surface area (Å²) in [5.41, 5.74) is 6.68. The van der Waals surface area contributed by atoms with Crippen LogP contribution in [-0.4, -0.2) is 58.0 Å². The summed E-state index contributed by atoms with van der Waals surface area (Å²) in [6, 6.07) is 0.837. The number of amides is 1. The molecule has 0 aliphatic carbocycles. The van der Waals surface area contributed by atoms with Crippen LogP contribution in [0.5, 0.6) is 11.5 Å². The van der Waals surface area contributed by atoms with Crippen LogP contribution in [0.1, 0.15) is 42.3 Å². The van der Waals surface area contributed by atoms with Gasteiger partial charge in [0, 0.05) is 30.9 Å². The van der Waals surface area contributed by atoms with Crippen molar-refractivity contribution in [2.24, 2.45) is 0 Å². The molecule has 11 heteroatoms. The minimum Gasteiger partial charge on any atom is -0.493 e. The first-order chi connectivity index (χ1) is 17.2. The quantitative estimate of drug-likeness (QED) is 0.411. The number of ether oxygens (including phenoxy) is 2. The zero-order valence-corrected chi connectivity index (χ0v) is 20.0. The number of aromatic nitrogens is 3. The van der Waals surface area contributed by atoms with Crippen LogP contribution in [0.15, 0.2) is 24.9 Å². The van der Waals surface area contributed by atoms with Gasteiger partial charge in [0.25, 0.3) is 0 Å². The molecule has 3 N–H and O–H groups in total. The first-order valence-electron chi connectivity index (χ1n) is 11.1. The van der Waals surface area contributed by atoms with E-state index in [1.54, 1.807) is 16.5 Å². The molecule has 1 saturated heterocycles. The fourth-order valence-corrected chi connectivity index (χ4v) is 4.26. The van der Waals surface area contributed by atoms with Gasteiger partial charge in [-0.1, -0.05) is 12.5 Å². The summed E-state index contributed by atoms with van der Waals surface area (Å²) in [7, 11) is 2.49. The molecule has 9 nitrogen and oxygen atoms in total. The number of fused-ring (bicyclic) bond motifs is 1. The van der Waals surface area contributed by atoms with Gasteiger partial charge in [-0.05, 0) is 25.3 Å². The van der Waals surface area contributed by atoms with Crippen LogP contribution in [-0.2, 0) is 4.79 Å². The fourth-order valence-electron chi connectivity index (χ4n) is 4.26. The van der Waals surface area contributed by atoms with E-state index in [9.17, 15) is 18.7 Å². The molecule has 0 saturated carbocycles. The maximum absolute atomic E-state index is 14.9. The average molecular weight is 498 g/mol. The summed E-state index contributed by atoms with van der Waals surface area (Å²) in [5, 5.41) is 15.3. The number of likely N-dealkylation sites (tertiary alicyclic amines) is 1. The van der Waals surface area contributed by atoms with Gasteiger partial charge in [-0.3, -0.25) is 9.48 Å². The summed E-state index contributed by atoms with van der Waals surface area (Å²) < 4.78 is 41.3. The number of hydrogen-bond acceptors (Lipinski definition) is 7. The number of aliphatic hydroxyl groups is 1. The number of benzene rings is 1. The van der Waals surface area contributed by atoms with Crippen LogP contribution in [0, 0.1) is 23.5 Å². The Morgan fingerprint density at radius 3 is 2.56 bits per heavy atom. The van der Waals surface area contributed by atoms with E-state index in [0.717, 1.165) is 6.07 Å². The van der Waals surface area contributed by atoms with Gasteiger partial charge in [-0.2, -0.15) is 5.10 Å². The van der Waals surface area contributed by atoms with Crippen LogP contribution in [0.4, 0.5) is 14.6 Å². The average Bonchev–Trinajstić information content (AvgIpc) is 3.49. The van der Waals surface area contributed by atoms with Gasteiger partial charge >= 0.3 is 0 Å². The van der Waals surface area contributed by atoms with Crippen LogP contribution in [0.2, 0.25) is 0 Å². The summed E-state index contributed by atoms with van der Waals surface area (Å²) >= 11 is 0.